The summed E-state index contributed by atoms with van der Waals surface area (Å²) in [5, 5.41) is 10.4. The van der Waals surface area contributed by atoms with E-state index in [9.17, 15) is 14.9 Å². The fourth-order valence-corrected chi connectivity index (χ4v) is 3.22. The van der Waals surface area contributed by atoms with Crippen molar-refractivity contribution in [3.63, 3.8) is 0 Å². The van der Waals surface area contributed by atoms with E-state index in [2.05, 4.69) is 0 Å². The van der Waals surface area contributed by atoms with Crippen LogP contribution in [0.3, 0.4) is 0 Å². The van der Waals surface area contributed by atoms with Gasteiger partial charge in [-0.2, -0.15) is 0 Å². The van der Waals surface area contributed by atoms with Crippen LogP contribution in [0.15, 0.2) is 12.3 Å². The second kappa shape index (κ2) is 5.42. The topological polar surface area (TPSA) is 72.7 Å². The van der Waals surface area contributed by atoms with Crippen LogP contribution in [-0.2, 0) is 4.74 Å². The predicted molar refractivity (Wildman–Crippen MR) is 73.6 cm³/mol. The maximum Gasteiger partial charge on any atom is 0.410 e. The molecule has 6 nitrogen and oxygen atoms in total. The van der Waals surface area contributed by atoms with Crippen LogP contribution in [0, 0.1) is 27.9 Å². The Morgan fingerprint density at radius 2 is 1.85 bits per heavy atom. The van der Waals surface area contributed by atoms with Crippen molar-refractivity contribution in [2.45, 2.75) is 39.2 Å². The van der Waals surface area contributed by atoms with Crippen LogP contribution in [-0.4, -0.2) is 34.6 Å². The smallest absolute Gasteiger partial charge is 0.410 e. The Bertz CT molecular complexity index is 413. The molecule has 20 heavy (non-hydrogen) atoms. The summed E-state index contributed by atoms with van der Waals surface area (Å²) in [4.78, 5) is 23.9. The molecule has 1 amide bonds. The number of nitro groups is 1. The summed E-state index contributed by atoms with van der Waals surface area (Å²) < 4.78 is 5.40. The molecule has 1 saturated carbocycles. The Hall–Kier alpha value is -1.59. The maximum absolute atomic E-state index is 12.1. The Morgan fingerprint density at radius 1 is 1.30 bits per heavy atom. The van der Waals surface area contributed by atoms with Crippen LogP contribution in [0.2, 0.25) is 0 Å². The van der Waals surface area contributed by atoms with Crippen molar-refractivity contribution < 1.29 is 14.5 Å². The van der Waals surface area contributed by atoms with Crippen molar-refractivity contribution in [2.75, 3.05) is 13.1 Å². The predicted octanol–water partition coefficient (Wildman–Crippen LogP) is 2.67. The normalized spacial score (nSPS) is 29.8. The molecule has 0 aromatic heterocycles. The first-order valence-electron chi connectivity index (χ1n) is 7.06. The highest BCUT2D eigenvalue weighted by Crippen LogP contribution is 2.42. The number of piperidine rings is 1. The lowest BCUT2D eigenvalue weighted by Crippen LogP contribution is -2.46. The number of amides is 1. The fraction of sp³-hybridized carbons (Fsp3) is 0.786. The third-order valence-electron chi connectivity index (χ3n) is 3.99. The highest BCUT2D eigenvalue weighted by Gasteiger charge is 2.43. The third kappa shape index (κ3) is 3.49. The average molecular weight is 282 g/mol. The third-order valence-corrected chi connectivity index (χ3v) is 3.99. The second-order valence-electron chi connectivity index (χ2n) is 6.69. The molecule has 112 valence electrons. The van der Waals surface area contributed by atoms with Gasteiger partial charge in [-0.3, -0.25) is 10.1 Å². The first-order chi connectivity index (χ1) is 9.26. The summed E-state index contributed by atoms with van der Waals surface area (Å²) in [6, 6.07) is 0. The Morgan fingerprint density at radius 3 is 2.30 bits per heavy atom. The van der Waals surface area contributed by atoms with Gasteiger partial charge >= 0.3 is 6.09 Å². The summed E-state index contributed by atoms with van der Waals surface area (Å²) in [7, 11) is 0. The minimum absolute atomic E-state index is 0.221. The summed E-state index contributed by atoms with van der Waals surface area (Å²) in [5.74, 6) is 0.856. The first kappa shape index (κ1) is 14.8. The van der Waals surface area contributed by atoms with E-state index in [1.54, 1.807) is 11.0 Å². The average Bonchev–Trinajstić information content (AvgIpc) is 2.54. The van der Waals surface area contributed by atoms with Gasteiger partial charge in [0, 0.05) is 13.1 Å². The molecule has 2 aliphatic rings. The van der Waals surface area contributed by atoms with Gasteiger partial charge in [-0.1, -0.05) is 0 Å². The van der Waals surface area contributed by atoms with Crippen LogP contribution in [0.4, 0.5) is 4.79 Å². The number of carbonyl (C=O) groups excluding carboxylic acids is 1. The molecule has 1 saturated heterocycles. The van der Waals surface area contributed by atoms with Gasteiger partial charge < -0.3 is 9.64 Å². The molecule has 1 aliphatic heterocycles. The molecule has 3 atom stereocenters. The Kier molecular flexibility index (Phi) is 4.01. The van der Waals surface area contributed by atoms with Gasteiger partial charge in [-0.25, -0.2) is 4.79 Å². The lowest BCUT2D eigenvalue weighted by molar-refractivity contribution is -0.403. The van der Waals surface area contributed by atoms with Gasteiger partial charge in [-0.05, 0) is 57.4 Å². The number of hydrogen-bond donors (Lipinski definition) is 0. The molecule has 1 heterocycles. The zero-order chi connectivity index (χ0) is 14.9. The molecule has 0 aromatic rings. The summed E-state index contributed by atoms with van der Waals surface area (Å²) in [6.07, 6.45) is 4.52. The molecule has 2 bridgehead atoms. The molecular formula is C14H22N2O4. The number of nitrogens with zero attached hydrogens (tertiary/aromatic N) is 2. The number of fused-ring (bicyclic) bond motifs is 2. The van der Waals surface area contributed by atoms with E-state index < -0.39 is 10.5 Å². The minimum Gasteiger partial charge on any atom is -0.444 e. The van der Waals surface area contributed by atoms with Crippen LogP contribution in [0.25, 0.3) is 0 Å². The van der Waals surface area contributed by atoms with Crippen LogP contribution in [0.5, 0.6) is 0 Å². The number of carbonyl (C=O) groups is 1. The first-order valence-corrected chi connectivity index (χ1v) is 7.06. The van der Waals surface area contributed by atoms with Crippen molar-refractivity contribution in [2.24, 2.45) is 17.8 Å². The Balaban J connectivity index is 1.98. The standard InChI is InChI=1S/C14H22N2O4/c1-14(2,3)20-13(17)15-8-10-4-5-11(9-15)12(10)6-7-16(18)19/h6-7,10-12H,4-5,8-9H2,1-3H3/b7-6+/t10-,11+,12?. The second-order valence-corrected chi connectivity index (χ2v) is 6.69. The highest BCUT2D eigenvalue weighted by molar-refractivity contribution is 5.68. The highest BCUT2D eigenvalue weighted by atomic mass is 16.6. The van der Waals surface area contributed by atoms with Crippen LogP contribution >= 0.6 is 0 Å². The van der Waals surface area contributed by atoms with E-state index in [1.165, 1.54) is 0 Å². The zero-order valence-electron chi connectivity index (χ0n) is 12.2. The maximum atomic E-state index is 12.1. The molecule has 0 aromatic carbocycles. The number of ether oxygens (including phenoxy) is 1. The van der Waals surface area contributed by atoms with Crippen molar-refractivity contribution >= 4 is 6.09 Å². The van der Waals surface area contributed by atoms with Crippen LogP contribution in [0.1, 0.15) is 33.6 Å². The van der Waals surface area contributed by atoms with E-state index in [1.807, 2.05) is 20.8 Å². The van der Waals surface area contributed by atoms with Gasteiger partial charge in [0.25, 0.3) is 0 Å². The summed E-state index contributed by atoms with van der Waals surface area (Å²) >= 11 is 0. The monoisotopic (exact) mass is 282 g/mol. The fourth-order valence-electron chi connectivity index (χ4n) is 3.22. The molecule has 1 aliphatic carbocycles. The van der Waals surface area contributed by atoms with Crippen molar-refractivity contribution in [3.8, 4) is 0 Å². The van der Waals surface area contributed by atoms with E-state index in [0.29, 0.717) is 24.9 Å². The number of hydrogen-bond acceptors (Lipinski definition) is 4. The lowest BCUT2D eigenvalue weighted by atomic mass is 9.85. The summed E-state index contributed by atoms with van der Waals surface area (Å²) in [5.41, 5.74) is -0.488. The molecule has 2 rings (SSSR count). The number of allylic oxidation sites excluding steroid dienone is 1. The van der Waals surface area contributed by atoms with E-state index in [4.69, 9.17) is 4.74 Å². The van der Waals surface area contributed by atoms with Gasteiger partial charge in [-0.15, -0.1) is 0 Å². The van der Waals surface area contributed by atoms with Gasteiger partial charge in [0.05, 0.1) is 4.92 Å². The van der Waals surface area contributed by atoms with Crippen molar-refractivity contribution in [3.05, 3.63) is 22.4 Å². The minimum atomic E-state index is -0.488. The van der Waals surface area contributed by atoms with E-state index in [-0.39, 0.29) is 12.0 Å². The molecule has 1 unspecified atom stereocenters. The largest absolute Gasteiger partial charge is 0.444 e. The van der Waals surface area contributed by atoms with Gasteiger partial charge in [0.15, 0.2) is 0 Å². The quantitative estimate of drug-likeness (QED) is 0.576. The zero-order valence-corrected chi connectivity index (χ0v) is 12.2. The molecule has 6 heteroatoms. The molecule has 0 spiro atoms. The van der Waals surface area contributed by atoms with Gasteiger partial charge in [0.1, 0.15) is 5.60 Å². The molecular weight excluding hydrogens is 260 g/mol. The van der Waals surface area contributed by atoms with Crippen molar-refractivity contribution in [1.29, 1.82) is 0 Å². The molecule has 0 N–H and O–H groups in total. The SMILES string of the molecule is CC(C)(C)OC(=O)N1C[C@H]2CC[C@@H](C1)C2/C=C/[N+](=O)[O-]. The van der Waals surface area contributed by atoms with E-state index >= 15 is 0 Å². The lowest BCUT2D eigenvalue weighted by Gasteiger charge is -2.37. The van der Waals surface area contributed by atoms with Crippen LogP contribution < -0.4 is 0 Å². The molecule has 2 fully saturated rings. The number of rotatable bonds is 2. The summed E-state index contributed by atoms with van der Waals surface area (Å²) in [6.45, 7) is 6.83. The Labute approximate surface area is 118 Å². The number of likely N-dealkylation sites (tertiary alicyclic amines) is 1. The van der Waals surface area contributed by atoms with Crippen molar-refractivity contribution in [1.82, 2.24) is 4.90 Å². The van der Waals surface area contributed by atoms with E-state index in [0.717, 1.165) is 19.0 Å². The van der Waals surface area contributed by atoms with Gasteiger partial charge in [0.2, 0.25) is 6.20 Å². The molecule has 0 radical (unpaired) electrons.